The SMILES string of the molecule is O=Cc1ccc2nc3ccccn3c2c1-c1ccc(Br)cc1. The summed E-state index contributed by atoms with van der Waals surface area (Å²) in [5.41, 5.74) is 5.30. The number of aldehydes is 1. The molecule has 2 aromatic heterocycles. The first kappa shape index (κ1) is 13.2. The fraction of sp³-hybridized carbons (Fsp3) is 0. The molecule has 0 saturated heterocycles. The van der Waals surface area contributed by atoms with E-state index in [1.807, 2.05) is 65.2 Å². The summed E-state index contributed by atoms with van der Waals surface area (Å²) in [5, 5.41) is 0. The first-order chi connectivity index (χ1) is 10.8. The fourth-order valence-corrected chi connectivity index (χ4v) is 3.05. The number of benzene rings is 2. The topological polar surface area (TPSA) is 34.4 Å². The monoisotopic (exact) mass is 350 g/mol. The van der Waals surface area contributed by atoms with Gasteiger partial charge in [-0.25, -0.2) is 4.98 Å². The van der Waals surface area contributed by atoms with Gasteiger partial charge >= 0.3 is 0 Å². The van der Waals surface area contributed by atoms with Crippen LogP contribution in [0.1, 0.15) is 10.4 Å². The molecule has 0 aliphatic heterocycles. The molecule has 0 atom stereocenters. The highest BCUT2D eigenvalue weighted by atomic mass is 79.9. The number of imidazole rings is 1. The second kappa shape index (κ2) is 5.07. The Hall–Kier alpha value is -2.46. The molecule has 0 bridgehead atoms. The maximum Gasteiger partial charge on any atom is 0.150 e. The maximum absolute atomic E-state index is 11.5. The number of pyridine rings is 1. The molecular weight excluding hydrogens is 340 g/mol. The third kappa shape index (κ3) is 1.96. The molecule has 2 aromatic carbocycles. The number of hydrogen-bond acceptors (Lipinski definition) is 2. The van der Waals surface area contributed by atoms with Gasteiger partial charge in [-0.05, 0) is 42.0 Å². The van der Waals surface area contributed by atoms with Gasteiger partial charge in [-0.2, -0.15) is 0 Å². The molecule has 3 nitrogen and oxygen atoms in total. The Kier molecular flexibility index (Phi) is 3.05. The van der Waals surface area contributed by atoms with Crippen molar-refractivity contribution < 1.29 is 4.79 Å². The molecule has 0 N–H and O–H groups in total. The fourth-order valence-electron chi connectivity index (χ4n) is 2.79. The molecule has 0 fully saturated rings. The molecule has 0 spiro atoms. The standard InChI is InChI=1S/C18H11BrN2O/c19-14-7-4-12(5-8-14)17-13(11-22)6-9-15-18(17)21-10-2-1-3-16(21)20-15/h1-11H. The molecule has 0 unspecified atom stereocenters. The lowest BCUT2D eigenvalue weighted by Gasteiger charge is -2.08. The minimum absolute atomic E-state index is 0.667. The van der Waals surface area contributed by atoms with Crippen LogP contribution in [-0.4, -0.2) is 15.7 Å². The smallest absolute Gasteiger partial charge is 0.150 e. The van der Waals surface area contributed by atoms with Crippen LogP contribution in [-0.2, 0) is 0 Å². The molecule has 4 rings (SSSR count). The van der Waals surface area contributed by atoms with E-state index < -0.39 is 0 Å². The van der Waals surface area contributed by atoms with Crippen LogP contribution < -0.4 is 0 Å². The van der Waals surface area contributed by atoms with E-state index in [2.05, 4.69) is 20.9 Å². The Bertz CT molecular complexity index is 1000. The van der Waals surface area contributed by atoms with E-state index >= 15 is 0 Å². The Morgan fingerprint density at radius 1 is 1.00 bits per heavy atom. The zero-order valence-corrected chi connectivity index (χ0v) is 13.1. The van der Waals surface area contributed by atoms with Crippen LogP contribution in [0, 0.1) is 0 Å². The molecular formula is C18H11BrN2O. The molecule has 0 saturated carbocycles. The number of hydrogen-bond donors (Lipinski definition) is 0. The van der Waals surface area contributed by atoms with E-state index in [9.17, 15) is 4.79 Å². The van der Waals surface area contributed by atoms with Crippen LogP contribution in [0.3, 0.4) is 0 Å². The molecule has 22 heavy (non-hydrogen) atoms. The highest BCUT2D eigenvalue weighted by molar-refractivity contribution is 9.10. The molecule has 0 amide bonds. The third-order valence-electron chi connectivity index (χ3n) is 3.76. The van der Waals surface area contributed by atoms with E-state index in [-0.39, 0.29) is 0 Å². The maximum atomic E-state index is 11.5. The lowest BCUT2D eigenvalue weighted by Crippen LogP contribution is -1.92. The van der Waals surface area contributed by atoms with E-state index in [4.69, 9.17) is 0 Å². The van der Waals surface area contributed by atoms with Crippen molar-refractivity contribution in [1.82, 2.24) is 9.38 Å². The average molecular weight is 351 g/mol. The first-order valence-corrected chi connectivity index (χ1v) is 7.68. The summed E-state index contributed by atoms with van der Waals surface area (Å²) >= 11 is 3.45. The van der Waals surface area contributed by atoms with Gasteiger partial charge in [0.05, 0.1) is 11.0 Å². The number of carbonyl (C=O) groups excluding carboxylic acids is 1. The van der Waals surface area contributed by atoms with Gasteiger partial charge in [-0.3, -0.25) is 9.20 Å². The zero-order valence-electron chi connectivity index (χ0n) is 11.5. The number of halogens is 1. The molecule has 0 aliphatic rings. The number of fused-ring (bicyclic) bond motifs is 3. The summed E-state index contributed by atoms with van der Waals surface area (Å²) in [7, 11) is 0. The van der Waals surface area contributed by atoms with Crippen molar-refractivity contribution >= 4 is 38.9 Å². The number of aromatic nitrogens is 2. The Morgan fingerprint density at radius 3 is 2.59 bits per heavy atom. The minimum atomic E-state index is 0.667. The highest BCUT2D eigenvalue weighted by Gasteiger charge is 2.14. The summed E-state index contributed by atoms with van der Waals surface area (Å²) in [6.45, 7) is 0. The van der Waals surface area contributed by atoms with Crippen molar-refractivity contribution in [2.75, 3.05) is 0 Å². The van der Waals surface area contributed by atoms with Crippen LogP contribution in [0.4, 0.5) is 0 Å². The average Bonchev–Trinajstić information content (AvgIpc) is 2.93. The Morgan fingerprint density at radius 2 is 1.82 bits per heavy atom. The lowest BCUT2D eigenvalue weighted by atomic mass is 9.98. The zero-order chi connectivity index (χ0) is 15.1. The van der Waals surface area contributed by atoms with Crippen LogP contribution in [0.2, 0.25) is 0 Å². The third-order valence-corrected chi connectivity index (χ3v) is 4.29. The summed E-state index contributed by atoms with van der Waals surface area (Å²) in [5.74, 6) is 0. The first-order valence-electron chi connectivity index (χ1n) is 6.89. The number of nitrogens with zero attached hydrogens (tertiary/aromatic N) is 2. The van der Waals surface area contributed by atoms with Crippen molar-refractivity contribution in [1.29, 1.82) is 0 Å². The molecule has 4 aromatic rings. The van der Waals surface area contributed by atoms with Gasteiger partial charge in [-0.1, -0.05) is 34.1 Å². The summed E-state index contributed by atoms with van der Waals surface area (Å²) in [6.07, 6.45) is 2.88. The van der Waals surface area contributed by atoms with Gasteiger partial charge in [0.2, 0.25) is 0 Å². The molecule has 0 aliphatic carbocycles. The molecule has 106 valence electrons. The van der Waals surface area contributed by atoms with Crippen LogP contribution >= 0.6 is 15.9 Å². The summed E-state index contributed by atoms with van der Waals surface area (Å²) in [4.78, 5) is 16.2. The summed E-state index contributed by atoms with van der Waals surface area (Å²) in [6, 6.07) is 17.6. The molecule has 2 heterocycles. The second-order valence-electron chi connectivity index (χ2n) is 5.06. The molecule has 4 heteroatoms. The summed E-state index contributed by atoms with van der Waals surface area (Å²) < 4.78 is 3.04. The van der Waals surface area contributed by atoms with Crippen LogP contribution in [0.15, 0.2) is 65.3 Å². The Labute approximate surface area is 135 Å². The van der Waals surface area contributed by atoms with Crippen molar-refractivity contribution in [3.05, 3.63) is 70.8 Å². The van der Waals surface area contributed by atoms with E-state index in [0.29, 0.717) is 5.56 Å². The lowest BCUT2D eigenvalue weighted by molar-refractivity contribution is 0.112. The van der Waals surface area contributed by atoms with Gasteiger partial charge in [0.25, 0.3) is 0 Å². The predicted molar refractivity (Wildman–Crippen MR) is 91.2 cm³/mol. The van der Waals surface area contributed by atoms with Crippen LogP contribution in [0.25, 0.3) is 27.8 Å². The highest BCUT2D eigenvalue weighted by Crippen LogP contribution is 2.32. The predicted octanol–water partition coefficient (Wildman–Crippen LogP) is 4.73. The normalized spacial score (nSPS) is 11.1. The van der Waals surface area contributed by atoms with Gasteiger partial charge in [0, 0.05) is 21.8 Å². The number of rotatable bonds is 2. The van der Waals surface area contributed by atoms with E-state index in [0.717, 1.165) is 38.6 Å². The van der Waals surface area contributed by atoms with Gasteiger partial charge in [0.15, 0.2) is 6.29 Å². The van der Waals surface area contributed by atoms with Crippen molar-refractivity contribution in [2.24, 2.45) is 0 Å². The van der Waals surface area contributed by atoms with E-state index in [1.165, 1.54) is 0 Å². The Balaban J connectivity index is 2.18. The molecule has 0 radical (unpaired) electrons. The largest absolute Gasteiger partial charge is 0.299 e. The van der Waals surface area contributed by atoms with Gasteiger partial charge in [0.1, 0.15) is 5.65 Å². The van der Waals surface area contributed by atoms with E-state index in [1.54, 1.807) is 0 Å². The number of carbonyl (C=O) groups is 1. The van der Waals surface area contributed by atoms with Crippen molar-refractivity contribution in [3.8, 4) is 11.1 Å². The quantitative estimate of drug-likeness (QED) is 0.490. The second-order valence-corrected chi connectivity index (χ2v) is 5.98. The van der Waals surface area contributed by atoms with Gasteiger partial charge < -0.3 is 0 Å². The van der Waals surface area contributed by atoms with Crippen molar-refractivity contribution in [2.45, 2.75) is 0 Å². The van der Waals surface area contributed by atoms with Crippen molar-refractivity contribution in [3.63, 3.8) is 0 Å². The van der Waals surface area contributed by atoms with Crippen LogP contribution in [0.5, 0.6) is 0 Å². The minimum Gasteiger partial charge on any atom is -0.299 e. The van der Waals surface area contributed by atoms with Gasteiger partial charge in [-0.15, -0.1) is 0 Å².